The summed E-state index contributed by atoms with van der Waals surface area (Å²) in [4.78, 5) is 1.85. The van der Waals surface area contributed by atoms with Crippen LogP contribution in [0.25, 0.3) is 0 Å². The van der Waals surface area contributed by atoms with Gasteiger partial charge in [0.1, 0.15) is 0 Å². The number of halogens is 3. The first kappa shape index (κ1) is 12.8. The summed E-state index contributed by atoms with van der Waals surface area (Å²) in [6.07, 6.45) is -3.55. The van der Waals surface area contributed by atoms with Gasteiger partial charge in [0.25, 0.3) is 0 Å². The maximum Gasteiger partial charge on any atom is 0.416 e. The van der Waals surface area contributed by atoms with Crippen molar-refractivity contribution in [2.45, 2.75) is 12.6 Å². The van der Waals surface area contributed by atoms with E-state index in [1.165, 1.54) is 6.07 Å². The van der Waals surface area contributed by atoms with Gasteiger partial charge in [-0.2, -0.15) is 13.2 Å². The van der Waals surface area contributed by atoms with E-state index in [1.807, 2.05) is 29.2 Å². The summed E-state index contributed by atoms with van der Waals surface area (Å²) in [5.74, 6) is 0. The van der Waals surface area contributed by atoms with Crippen LogP contribution in [-0.4, -0.2) is 6.54 Å². The Bertz CT molecular complexity index is 650. The van der Waals surface area contributed by atoms with E-state index >= 15 is 0 Å². The highest BCUT2D eigenvalue weighted by molar-refractivity contribution is 5.78. The van der Waals surface area contributed by atoms with E-state index in [1.54, 1.807) is 0 Å². The molecular formula is C15H13F3N2. The molecule has 0 fully saturated rings. The summed E-state index contributed by atoms with van der Waals surface area (Å²) < 4.78 is 38.5. The Morgan fingerprint density at radius 3 is 2.50 bits per heavy atom. The SMILES string of the molecule is Nc1ccc(C(F)(F)F)cc1N1CCc2ccccc21. The van der Waals surface area contributed by atoms with Gasteiger partial charge >= 0.3 is 6.18 Å². The van der Waals surface area contributed by atoms with Crippen LogP contribution in [0.15, 0.2) is 42.5 Å². The molecule has 0 atom stereocenters. The number of alkyl halides is 3. The summed E-state index contributed by atoms with van der Waals surface area (Å²) in [6, 6.07) is 11.2. The van der Waals surface area contributed by atoms with Gasteiger partial charge in [-0.25, -0.2) is 0 Å². The standard InChI is InChI=1S/C15H13F3N2/c16-15(17,18)11-5-6-12(19)14(9-11)20-8-7-10-3-1-2-4-13(10)20/h1-6,9H,7-8,19H2. The highest BCUT2D eigenvalue weighted by atomic mass is 19.4. The first-order valence-corrected chi connectivity index (χ1v) is 6.29. The number of hydrogen-bond donors (Lipinski definition) is 1. The van der Waals surface area contributed by atoms with Gasteiger partial charge in [-0.05, 0) is 36.2 Å². The quantitative estimate of drug-likeness (QED) is 0.799. The molecule has 0 radical (unpaired) electrons. The lowest BCUT2D eigenvalue weighted by atomic mass is 10.1. The zero-order chi connectivity index (χ0) is 14.3. The number of nitrogens with two attached hydrogens (primary N) is 1. The third-order valence-corrected chi connectivity index (χ3v) is 3.54. The lowest BCUT2D eigenvalue weighted by molar-refractivity contribution is -0.137. The molecule has 1 aliphatic heterocycles. The van der Waals surface area contributed by atoms with Crippen molar-refractivity contribution in [1.82, 2.24) is 0 Å². The van der Waals surface area contributed by atoms with Crippen LogP contribution >= 0.6 is 0 Å². The molecule has 0 bridgehead atoms. The van der Waals surface area contributed by atoms with Gasteiger partial charge in [-0.3, -0.25) is 0 Å². The van der Waals surface area contributed by atoms with Crippen LogP contribution in [0.3, 0.4) is 0 Å². The Kier molecular flexibility index (Phi) is 2.85. The molecule has 3 rings (SSSR count). The molecule has 0 aromatic heterocycles. The number of fused-ring (bicyclic) bond motifs is 1. The summed E-state index contributed by atoms with van der Waals surface area (Å²) in [5.41, 5.74) is 8.02. The molecule has 104 valence electrons. The van der Waals surface area contributed by atoms with Gasteiger partial charge in [0, 0.05) is 12.2 Å². The predicted octanol–water partition coefficient (Wildman–Crippen LogP) is 3.98. The highest BCUT2D eigenvalue weighted by Gasteiger charge is 2.32. The molecule has 2 nitrogen and oxygen atoms in total. The maximum atomic E-state index is 12.8. The average Bonchev–Trinajstić information content (AvgIpc) is 2.82. The first-order valence-electron chi connectivity index (χ1n) is 6.29. The van der Waals surface area contributed by atoms with Crippen LogP contribution < -0.4 is 10.6 Å². The molecule has 0 unspecified atom stereocenters. The fourth-order valence-corrected chi connectivity index (χ4v) is 2.54. The van der Waals surface area contributed by atoms with Crippen molar-refractivity contribution >= 4 is 17.1 Å². The summed E-state index contributed by atoms with van der Waals surface area (Å²) >= 11 is 0. The maximum absolute atomic E-state index is 12.8. The minimum atomic E-state index is -4.36. The van der Waals surface area contributed by atoms with E-state index in [2.05, 4.69) is 0 Å². The number of hydrogen-bond acceptors (Lipinski definition) is 2. The second-order valence-corrected chi connectivity index (χ2v) is 4.80. The second-order valence-electron chi connectivity index (χ2n) is 4.80. The zero-order valence-electron chi connectivity index (χ0n) is 10.6. The number of anilines is 3. The molecule has 0 amide bonds. The van der Waals surface area contributed by atoms with Gasteiger partial charge < -0.3 is 10.6 Å². The van der Waals surface area contributed by atoms with Crippen LogP contribution in [0.5, 0.6) is 0 Å². The summed E-state index contributed by atoms with van der Waals surface area (Å²) in [6.45, 7) is 0.644. The van der Waals surface area contributed by atoms with Gasteiger partial charge in [-0.15, -0.1) is 0 Å². The van der Waals surface area contributed by atoms with Crippen molar-refractivity contribution in [3.05, 3.63) is 53.6 Å². The van der Waals surface area contributed by atoms with Crippen molar-refractivity contribution in [2.75, 3.05) is 17.2 Å². The molecule has 2 N–H and O–H groups in total. The first-order chi connectivity index (χ1) is 9.47. The fourth-order valence-electron chi connectivity index (χ4n) is 2.54. The molecule has 5 heteroatoms. The minimum absolute atomic E-state index is 0.356. The number of nitrogen functional groups attached to an aromatic ring is 1. The van der Waals surface area contributed by atoms with Gasteiger partial charge in [0.05, 0.1) is 16.9 Å². The van der Waals surface area contributed by atoms with Crippen molar-refractivity contribution < 1.29 is 13.2 Å². The minimum Gasteiger partial charge on any atom is -0.397 e. The van der Waals surface area contributed by atoms with Gasteiger partial charge in [0.15, 0.2) is 0 Å². The molecule has 0 aliphatic carbocycles. The summed E-state index contributed by atoms with van der Waals surface area (Å²) in [5, 5.41) is 0. The van der Waals surface area contributed by atoms with Crippen LogP contribution in [0.1, 0.15) is 11.1 Å². The van der Waals surface area contributed by atoms with E-state index in [-0.39, 0.29) is 0 Å². The largest absolute Gasteiger partial charge is 0.416 e. The van der Waals surface area contributed by atoms with E-state index < -0.39 is 11.7 Å². The van der Waals surface area contributed by atoms with Crippen molar-refractivity contribution in [3.8, 4) is 0 Å². The van der Waals surface area contributed by atoms with Crippen LogP contribution in [0, 0.1) is 0 Å². The van der Waals surface area contributed by atoms with Crippen LogP contribution in [0.2, 0.25) is 0 Å². The van der Waals surface area contributed by atoms with E-state index in [0.717, 1.165) is 29.8 Å². The Morgan fingerprint density at radius 1 is 1.00 bits per heavy atom. The van der Waals surface area contributed by atoms with Crippen LogP contribution in [-0.2, 0) is 12.6 Å². The van der Waals surface area contributed by atoms with Crippen molar-refractivity contribution in [3.63, 3.8) is 0 Å². The third kappa shape index (κ3) is 2.09. The van der Waals surface area contributed by atoms with Crippen LogP contribution in [0.4, 0.5) is 30.2 Å². The molecule has 20 heavy (non-hydrogen) atoms. The van der Waals surface area contributed by atoms with E-state index in [4.69, 9.17) is 5.73 Å². The topological polar surface area (TPSA) is 29.3 Å². The van der Waals surface area contributed by atoms with Crippen molar-refractivity contribution in [1.29, 1.82) is 0 Å². The van der Waals surface area contributed by atoms with E-state index in [0.29, 0.717) is 17.9 Å². The number of rotatable bonds is 1. The van der Waals surface area contributed by atoms with Gasteiger partial charge in [-0.1, -0.05) is 18.2 Å². The Labute approximate surface area is 114 Å². The number of para-hydroxylation sites is 1. The van der Waals surface area contributed by atoms with Crippen molar-refractivity contribution in [2.24, 2.45) is 0 Å². The smallest absolute Gasteiger partial charge is 0.397 e. The Morgan fingerprint density at radius 2 is 1.75 bits per heavy atom. The van der Waals surface area contributed by atoms with Gasteiger partial charge in [0.2, 0.25) is 0 Å². The predicted molar refractivity (Wildman–Crippen MR) is 73.0 cm³/mol. The summed E-state index contributed by atoms with van der Waals surface area (Å²) in [7, 11) is 0. The lowest BCUT2D eigenvalue weighted by Gasteiger charge is -2.22. The molecule has 2 aromatic rings. The number of benzene rings is 2. The monoisotopic (exact) mass is 278 g/mol. The normalized spacial score (nSPS) is 14.4. The molecule has 0 saturated carbocycles. The second kappa shape index (κ2) is 4.44. The molecular weight excluding hydrogens is 265 g/mol. The third-order valence-electron chi connectivity index (χ3n) is 3.54. The molecule has 1 aliphatic rings. The molecule has 1 heterocycles. The lowest BCUT2D eigenvalue weighted by Crippen LogP contribution is -2.16. The zero-order valence-corrected chi connectivity index (χ0v) is 10.6. The van der Waals surface area contributed by atoms with E-state index in [9.17, 15) is 13.2 Å². The highest BCUT2D eigenvalue weighted by Crippen LogP contribution is 2.40. The number of nitrogens with zero attached hydrogens (tertiary/aromatic N) is 1. The Balaban J connectivity index is 2.08. The Hall–Kier alpha value is -2.17. The average molecular weight is 278 g/mol. The fraction of sp³-hybridized carbons (Fsp3) is 0.200. The molecule has 2 aromatic carbocycles. The molecule has 0 spiro atoms. The molecule has 0 saturated heterocycles.